The zero-order valence-electron chi connectivity index (χ0n) is 14.5. The van der Waals surface area contributed by atoms with Crippen molar-refractivity contribution in [2.75, 3.05) is 6.54 Å². The van der Waals surface area contributed by atoms with Crippen LogP contribution in [0.2, 0.25) is 0 Å². The van der Waals surface area contributed by atoms with Crippen molar-refractivity contribution in [1.82, 2.24) is 20.0 Å². The monoisotopic (exact) mass is 358 g/mol. The van der Waals surface area contributed by atoms with Crippen molar-refractivity contribution >= 4 is 18.0 Å². The normalized spacial score (nSPS) is 15.8. The summed E-state index contributed by atoms with van der Waals surface area (Å²) >= 11 is 0. The number of halogens is 1. The van der Waals surface area contributed by atoms with Gasteiger partial charge in [0.1, 0.15) is 11.5 Å². The number of urea groups is 1. The molecule has 1 fully saturated rings. The van der Waals surface area contributed by atoms with Crippen molar-refractivity contribution in [2.45, 2.75) is 26.7 Å². The van der Waals surface area contributed by atoms with Crippen LogP contribution in [-0.4, -0.2) is 33.2 Å². The van der Waals surface area contributed by atoms with Crippen LogP contribution >= 0.6 is 0 Å². The number of carbonyl (C=O) groups excluding carboxylic acids is 2. The summed E-state index contributed by atoms with van der Waals surface area (Å²) in [5, 5.41) is 5.48. The Morgan fingerprint density at radius 1 is 1.12 bits per heavy atom. The van der Waals surface area contributed by atoms with Crippen LogP contribution in [0.15, 0.2) is 34.8 Å². The molecule has 3 rings (SSSR count). The predicted molar refractivity (Wildman–Crippen MR) is 94.2 cm³/mol. The molecule has 1 aromatic carbocycles. The van der Waals surface area contributed by atoms with E-state index in [0.717, 1.165) is 4.90 Å². The molecular weight excluding hydrogens is 339 g/mol. The number of imide groups is 1. The maximum atomic E-state index is 13.1. The summed E-state index contributed by atoms with van der Waals surface area (Å²) in [6, 6.07) is 4.99. The quantitative estimate of drug-likeness (QED) is 0.634. The summed E-state index contributed by atoms with van der Waals surface area (Å²) in [6.07, 6.45) is 2.56. The molecule has 1 aliphatic heterocycles. The van der Waals surface area contributed by atoms with Gasteiger partial charge in [-0.25, -0.2) is 13.9 Å². The van der Waals surface area contributed by atoms with E-state index in [0.29, 0.717) is 36.3 Å². The third kappa shape index (κ3) is 3.05. The van der Waals surface area contributed by atoms with Crippen LogP contribution in [0, 0.1) is 5.82 Å². The number of rotatable bonds is 5. The highest BCUT2D eigenvalue weighted by Crippen LogP contribution is 2.16. The van der Waals surface area contributed by atoms with E-state index in [1.807, 2.05) is 13.8 Å². The number of hydrogen-bond acceptors (Lipinski definition) is 3. The molecule has 3 amide bonds. The Kier molecular flexibility index (Phi) is 4.75. The molecule has 2 aromatic rings. The van der Waals surface area contributed by atoms with E-state index in [1.54, 1.807) is 0 Å². The van der Waals surface area contributed by atoms with Gasteiger partial charge in [0.15, 0.2) is 0 Å². The number of aromatic amines is 1. The molecular formula is C18H19FN4O3. The summed E-state index contributed by atoms with van der Waals surface area (Å²) in [7, 11) is 0. The summed E-state index contributed by atoms with van der Waals surface area (Å²) in [5.74, 6) is -0.852. The Morgan fingerprint density at radius 2 is 1.81 bits per heavy atom. The Labute approximate surface area is 149 Å². The molecule has 2 N–H and O–H groups in total. The first-order chi connectivity index (χ1) is 12.5. The number of carbonyl (C=O) groups is 2. The molecule has 8 heteroatoms. The minimum absolute atomic E-state index is 0.0699. The van der Waals surface area contributed by atoms with E-state index in [4.69, 9.17) is 0 Å². The minimum Gasteiger partial charge on any atom is -0.303 e. The van der Waals surface area contributed by atoms with Crippen LogP contribution in [-0.2, 0) is 11.2 Å². The topological polar surface area (TPSA) is 87.2 Å². The van der Waals surface area contributed by atoms with Crippen molar-refractivity contribution in [2.24, 2.45) is 0 Å². The molecule has 1 saturated heterocycles. The molecule has 0 unspecified atom stereocenters. The second-order valence-electron chi connectivity index (χ2n) is 5.92. The van der Waals surface area contributed by atoms with Gasteiger partial charge in [0, 0.05) is 12.2 Å². The van der Waals surface area contributed by atoms with Gasteiger partial charge in [0.05, 0.1) is 11.3 Å². The van der Waals surface area contributed by atoms with E-state index in [9.17, 15) is 18.8 Å². The van der Waals surface area contributed by atoms with Gasteiger partial charge in [0.2, 0.25) is 0 Å². The number of benzene rings is 1. The van der Waals surface area contributed by atoms with Gasteiger partial charge in [-0.3, -0.25) is 19.6 Å². The summed E-state index contributed by atoms with van der Waals surface area (Å²) in [4.78, 5) is 38.1. The number of aryl methyl sites for hydroxylation is 1. The Morgan fingerprint density at radius 3 is 2.42 bits per heavy atom. The molecule has 0 aliphatic carbocycles. The van der Waals surface area contributed by atoms with Gasteiger partial charge in [0.25, 0.3) is 11.5 Å². The summed E-state index contributed by atoms with van der Waals surface area (Å²) < 4.78 is 14.4. The maximum absolute atomic E-state index is 13.1. The highest BCUT2D eigenvalue weighted by molar-refractivity contribution is 6.14. The molecule has 0 radical (unpaired) electrons. The van der Waals surface area contributed by atoms with Crippen LogP contribution in [0.5, 0.6) is 0 Å². The largest absolute Gasteiger partial charge is 0.329 e. The molecule has 0 atom stereocenters. The van der Waals surface area contributed by atoms with Gasteiger partial charge >= 0.3 is 6.03 Å². The number of amides is 3. The molecule has 136 valence electrons. The lowest BCUT2D eigenvalue weighted by Crippen LogP contribution is -2.31. The number of nitrogens with zero attached hydrogens (tertiary/aromatic N) is 2. The lowest BCUT2D eigenvalue weighted by Gasteiger charge is -2.08. The fourth-order valence-electron chi connectivity index (χ4n) is 2.83. The Hall–Kier alpha value is -3.16. The summed E-state index contributed by atoms with van der Waals surface area (Å²) in [6.45, 7) is 4.04. The zero-order valence-corrected chi connectivity index (χ0v) is 14.5. The number of aromatic nitrogens is 2. The van der Waals surface area contributed by atoms with Gasteiger partial charge < -0.3 is 5.32 Å². The highest BCUT2D eigenvalue weighted by atomic mass is 19.1. The standard InChI is InChI=1S/C18H19FN4O3/c1-3-9-22-17(25)15(20-18(22)26)10-13-14(4-2)21-23(16(13)24)12-7-5-11(19)6-8-12/h5-8,10,21H,3-4,9H2,1-2H3,(H,20,26)/b15-10-. The first-order valence-electron chi connectivity index (χ1n) is 8.40. The van der Waals surface area contributed by atoms with E-state index >= 15 is 0 Å². The lowest BCUT2D eigenvalue weighted by atomic mass is 10.1. The Bertz CT molecular complexity index is 940. The molecule has 7 nitrogen and oxygen atoms in total. The van der Waals surface area contributed by atoms with E-state index in [2.05, 4.69) is 10.4 Å². The van der Waals surface area contributed by atoms with E-state index in [-0.39, 0.29) is 11.3 Å². The molecule has 2 heterocycles. The van der Waals surface area contributed by atoms with E-state index in [1.165, 1.54) is 35.0 Å². The van der Waals surface area contributed by atoms with Gasteiger partial charge in [-0.05, 0) is 43.2 Å². The van der Waals surface area contributed by atoms with Crippen LogP contribution in [0.3, 0.4) is 0 Å². The predicted octanol–water partition coefficient (Wildman–Crippen LogP) is 2.17. The maximum Gasteiger partial charge on any atom is 0.329 e. The average molecular weight is 358 g/mol. The highest BCUT2D eigenvalue weighted by Gasteiger charge is 2.33. The minimum atomic E-state index is -0.490. The molecule has 1 aromatic heterocycles. The first-order valence-corrected chi connectivity index (χ1v) is 8.40. The third-order valence-corrected chi connectivity index (χ3v) is 4.14. The van der Waals surface area contributed by atoms with Crippen molar-refractivity contribution in [1.29, 1.82) is 0 Å². The van der Waals surface area contributed by atoms with Gasteiger partial charge in [-0.2, -0.15) is 0 Å². The van der Waals surface area contributed by atoms with Crippen molar-refractivity contribution in [3.05, 3.63) is 57.4 Å². The second kappa shape index (κ2) is 6.99. The molecule has 0 spiro atoms. The molecule has 0 bridgehead atoms. The average Bonchev–Trinajstić information content (AvgIpc) is 3.08. The van der Waals surface area contributed by atoms with Crippen molar-refractivity contribution in [3.63, 3.8) is 0 Å². The third-order valence-electron chi connectivity index (χ3n) is 4.14. The van der Waals surface area contributed by atoms with Crippen LogP contribution < -0.4 is 10.9 Å². The van der Waals surface area contributed by atoms with Gasteiger partial charge in [-0.1, -0.05) is 13.8 Å². The Balaban J connectivity index is 2.03. The number of hydrogen-bond donors (Lipinski definition) is 2. The van der Waals surface area contributed by atoms with Crippen molar-refractivity contribution < 1.29 is 14.0 Å². The van der Waals surface area contributed by atoms with Crippen molar-refractivity contribution in [3.8, 4) is 5.69 Å². The van der Waals surface area contributed by atoms with Crippen LogP contribution in [0.1, 0.15) is 31.5 Å². The lowest BCUT2D eigenvalue weighted by molar-refractivity contribution is -0.122. The second-order valence-corrected chi connectivity index (χ2v) is 5.92. The number of H-pyrrole nitrogens is 1. The van der Waals surface area contributed by atoms with Crippen LogP contribution in [0.25, 0.3) is 11.8 Å². The SMILES string of the molecule is CCCN1C(=O)N/C(=C\c2c(CC)[nH]n(-c3ccc(F)cc3)c2=O)C1=O. The summed E-state index contributed by atoms with van der Waals surface area (Å²) in [5.41, 5.74) is 1.07. The molecule has 0 saturated carbocycles. The van der Waals surface area contributed by atoms with Crippen LogP contribution in [0.4, 0.5) is 9.18 Å². The molecule has 1 aliphatic rings. The fourth-order valence-corrected chi connectivity index (χ4v) is 2.83. The number of nitrogens with one attached hydrogen (secondary N) is 2. The molecule has 26 heavy (non-hydrogen) atoms. The first kappa shape index (κ1) is 17.7. The smallest absolute Gasteiger partial charge is 0.303 e. The van der Waals surface area contributed by atoms with Gasteiger partial charge in [-0.15, -0.1) is 0 Å². The fraction of sp³-hybridized carbons (Fsp3) is 0.278. The van der Waals surface area contributed by atoms with E-state index < -0.39 is 17.8 Å². The zero-order chi connectivity index (χ0) is 18.8.